The smallest absolute Gasteiger partial charge is 0.333 e. The highest BCUT2D eigenvalue weighted by Crippen LogP contribution is 2.32. The van der Waals surface area contributed by atoms with Gasteiger partial charge in [-0.05, 0) is 109 Å². The fourth-order valence-electron chi connectivity index (χ4n) is 8.33. The summed E-state index contributed by atoms with van der Waals surface area (Å²) in [5.74, 6) is -1.57. The summed E-state index contributed by atoms with van der Waals surface area (Å²) in [5, 5.41) is 20.5. The third-order valence-corrected chi connectivity index (χ3v) is 14.2. The molecular weight excluding hydrogens is 925 g/mol. The molecule has 6 atom stereocenters. The molecule has 0 spiro atoms. The van der Waals surface area contributed by atoms with Crippen LogP contribution >= 0.6 is 22.7 Å². The maximum atomic E-state index is 13.8. The zero-order valence-electron chi connectivity index (χ0n) is 46.6. The molecular formula is C54H90N6O8S2. The predicted octanol–water partition coefficient (Wildman–Crippen LogP) is 8.27. The Labute approximate surface area is 429 Å². The van der Waals surface area contributed by atoms with Crippen LogP contribution in [0.3, 0.4) is 0 Å². The Morgan fingerprint density at radius 2 is 0.871 bits per heavy atom. The van der Waals surface area contributed by atoms with Crippen LogP contribution in [0.5, 0.6) is 0 Å². The molecule has 2 heterocycles. The number of hydrogen-bond acceptors (Lipinski definition) is 12. The topological polar surface area (TPSA) is 175 Å². The Bertz CT molecular complexity index is 1920. The minimum atomic E-state index is -0.758. The van der Waals surface area contributed by atoms with Crippen molar-refractivity contribution < 1.29 is 38.2 Å². The van der Waals surface area contributed by atoms with Gasteiger partial charge < -0.3 is 40.5 Å². The monoisotopic (exact) mass is 1010 g/mol. The lowest BCUT2D eigenvalue weighted by atomic mass is 9.78. The van der Waals surface area contributed by atoms with Gasteiger partial charge in [0.15, 0.2) is 0 Å². The highest BCUT2D eigenvalue weighted by molar-refractivity contribution is 7.08. The van der Waals surface area contributed by atoms with Crippen molar-refractivity contribution in [3.05, 3.63) is 68.1 Å². The average Bonchev–Trinajstić information content (AvgIpc) is 4.02. The first-order valence-corrected chi connectivity index (χ1v) is 26.3. The summed E-state index contributed by atoms with van der Waals surface area (Å²) in [6.07, 6.45) is 3.55. The van der Waals surface area contributed by atoms with Crippen molar-refractivity contribution in [3.8, 4) is 0 Å². The van der Waals surface area contributed by atoms with Gasteiger partial charge in [-0.2, -0.15) is 22.7 Å². The van der Waals surface area contributed by atoms with Gasteiger partial charge in [0.2, 0.25) is 23.6 Å². The zero-order valence-corrected chi connectivity index (χ0v) is 48.3. The van der Waals surface area contributed by atoms with Crippen molar-refractivity contribution in [2.45, 2.75) is 172 Å². The molecule has 0 unspecified atom stereocenters. The third kappa shape index (κ3) is 17.4. The summed E-state index contributed by atoms with van der Waals surface area (Å²) in [4.78, 5) is 82.2. The molecule has 0 aliphatic rings. The first-order valence-electron chi connectivity index (χ1n) is 24.4. The van der Waals surface area contributed by atoms with E-state index in [1.54, 1.807) is 101 Å². The molecule has 0 fully saturated rings. The fraction of sp³-hybridized carbons (Fsp3) is 0.667. The van der Waals surface area contributed by atoms with Crippen LogP contribution in [0.1, 0.15) is 136 Å². The number of carbonyl (C=O) groups excluding carboxylic acids is 6. The van der Waals surface area contributed by atoms with E-state index in [9.17, 15) is 28.8 Å². The molecule has 0 aliphatic heterocycles. The van der Waals surface area contributed by atoms with Crippen LogP contribution in [0.25, 0.3) is 0 Å². The fourth-order valence-corrected chi connectivity index (χ4v) is 9.99. The van der Waals surface area contributed by atoms with E-state index in [1.807, 2.05) is 131 Å². The molecule has 0 saturated carbocycles. The third-order valence-electron chi connectivity index (χ3n) is 12.9. The van der Waals surface area contributed by atoms with Gasteiger partial charge in [-0.25, -0.2) is 9.59 Å². The van der Waals surface area contributed by atoms with Crippen LogP contribution in [-0.2, 0) is 49.1 Å². The van der Waals surface area contributed by atoms with Gasteiger partial charge in [0.05, 0.1) is 37.4 Å². The Kier molecular flexibility index (Phi) is 25.0. The summed E-state index contributed by atoms with van der Waals surface area (Å²) in [5.41, 5.74) is 1.01. The van der Waals surface area contributed by atoms with Crippen molar-refractivity contribution in [2.24, 2.45) is 22.7 Å². The van der Waals surface area contributed by atoms with Crippen molar-refractivity contribution in [1.82, 2.24) is 31.1 Å². The molecule has 2 aromatic heterocycles. The number of hydrogen-bond donors (Lipinski definition) is 4. The van der Waals surface area contributed by atoms with Crippen molar-refractivity contribution in [2.75, 3.05) is 41.4 Å². The highest BCUT2D eigenvalue weighted by Gasteiger charge is 2.44. The maximum absolute atomic E-state index is 13.8. The first-order chi connectivity index (χ1) is 32.2. The van der Waals surface area contributed by atoms with Gasteiger partial charge >= 0.3 is 11.9 Å². The zero-order chi connectivity index (χ0) is 54.3. The Morgan fingerprint density at radius 1 is 0.571 bits per heavy atom. The molecule has 70 heavy (non-hydrogen) atoms. The van der Waals surface area contributed by atoms with Crippen molar-refractivity contribution in [3.63, 3.8) is 0 Å². The van der Waals surface area contributed by atoms with E-state index in [2.05, 4.69) is 21.3 Å². The number of amides is 4. The van der Waals surface area contributed by atoms with Gasteiger partial charge in [0, 0.05) is 36.1 Å². The summed E-state index contributed by atoms with van der Waals surface area (Å²) < 4.78 is 10.2. The van der Waals surface area contributed by atoms with Crippen LogP contribution in [0.15, 0.2) is 57.0 Å². The van der Waals surface area contributed by atoms with E-state index in [-0.39, 0.29) is 60.8 Å². The molecule has 4 amide bonds. The van der Waals surface area contributed by atoms with Gasteiger partial charge in [0.25, 0.3) is 0 Å². The van der Waals surface area contributed by atoms with Gasteiger partial charge in [-0.3, -0.25) is 19.2 Å². The summed E-state index contributed by atoms with van der Waals surface area (Å²) in [6.45, 7) is 35.2. The van der Waals surface area contributed by atoms with E-state index in [1.165, 1.54) is 0 Å². The molecule has 0 radical (unpaired) electrons. The van der Waals surface area contributed by atoms with E-state index >= 15 is 0 Å². The molecule has 0 saturated heterocycles. The summed E-state index contributed by atoms with van der Waals surface area (Å²) in [7, 11) is 6.96. The number of likely N-dealkylation sites (N-methyl/N-ethyl adjacent to an activating group) is 4. The second kappa shape index (κ2) is 27.4. The van der Waals surface area contributed by atoms with E-state index in [0.29, 0.717) is 11.1 Å². The van der Waals surface area contributed by atoms with Crippen molar-refractivity contribution in [1.29, 1.82) is 0 Å². The number of thiophene rings is 2. The Hall–Kier alpha value is -4.38. The van der Waals surface area contributed by atoms with Gasteiger partial charge in [-0.15, -0.1) is 0 Å². The SMILES string of the molecule is CCOC(=O)/C(C)=C/[C@H](C(C)C)N(C)C(=O)[C@@H](NC(=O)[C@@H](NC)C(C)(C)c1ccsc1)C(C)(C)C.CCOC(=O)/C(C)=C/[C@H](C(C)C)N(C)C(=O)[C@@H](NC(=O)[C@H](NC)C(C)(C)c1ccsc1)C(C)(C)C. The van der Waals surface area contributed by atoms with Gasteiger partial charge in [0.1, 0.15) is 12.1 Å². The highest BCUT2D eigenvalue weighted by atomic mass is 32.1. The van der Waals surface area contributed by atoms with E-state index < -0.39 is 57.8 Å². The van der Waals surface area contributed by atoms with Crippen LogP contribution < -0.4 is 21.3 Å². The first kappa shape index (κ1) is 63.6. The summed E-state index contributed by atoms with van der Waals surface area (Å²) in [6, 6.07) is 0.783. The molecule has 0 bridgehead atoms. The molecule has 4 N–H and O–H groups in total. The van der Waals surface area contributed by atoms with Gasteiger partial charge in [-0.1, -0.05) is 109 Å². The van der Waals surface area contributed by atoms with E-state index in [4.69, 9.17) is 9.47 Å². The van der Waals surface area contributed by atoms with E-state index in [0.717, 1.165) is 11.1 Å². The van der Waals surface area contributed by atoms with Crippen molar-refractivity contribution >= 4 is 58.2 Å². The predicted molar refractivity (Wildman–Crippen MR) is 287 cm³/mol. The normalized spacial score (nSPS) is 15.4. The second-order valence-electron chi connectivity index (χ2n) is 22.0. The lowest BCUT2D eigenvalue weighted by Gasteiger charge is -2.39. The molecule has 14 nitrogen and oxygen atoms in total. The number of nitrogens with zero attached hydrogens (tertiary/aromatic N) is 2. The van der Waals surface area contributed by atoms with Crippen LogP contribution in [0, 0.1) is 22.7 Å². The molecule has 2 aromatic rings. The average molecular weight is 1020 g/mol. The minimum absolute atomic E-state index is 0.0484. The second-order valence-corrected chi connectivity index (χ2v) is 23.6. The standard InChI is InChI=1S/2C27H45N3O4S/c2*1-12-34-25(33)18(4)15-20(17(2)3)30(11)24(32)22(26(5,6)7)29-23(31)21(28-10)27(8,9)19-13-14-35-16-19/h2*13-17,20-22,28H,12H2,1-11H3,(H,29,31)/b2*18-15+/t20-,21+,22-;20-,21-,22-/m11/s1. The largest absolute Gasteiger partial charge is 0.463 e. The molecule has 2 rings (SSSR count). The Balaban J connectivity index is 0.000000700. The number of nitrogens with one attached hydrogen (secondary N) is 4. The lowest BCUT2D eigenvalue weighted by Crippen LogP contribution is -2.61. The molecule has 16 heteroatoms. The summed E-state index contributed by atoms with van der Waals surface area (Å²) >= 11 is 3.18. The Morgan fingerprint density at radius 3 is 1.09 bits per heavy atom. The minimum Gasteiger partial charge on any atom is -0.463 e. The molecule has 0 aromatic carbocycles. The van der Waals surface area contributed by atoms with Crippen LogP contribution in [0.2, 0.25) is 0 Å². The number of ether oxygens (including phenoxy) is 2. The quantitative estimate of drug-likeness (QED) is 0.0664. The van der Waals surface area contributed by atoms with Crippen LogP contribution in [0.4, 0.5) is 0 Å². The van der Waals surface area contributed by atoms with Crippen LogP contribution in [-0.4, -0.2) is 123 Å². The molecule has 396 valence electrons. The lowest BCUT2D eigenvalue weighted by molar-refractivity contribution is -0.141. The number of carbonyl (C=O) groups is 6. The number of esters is 2. The number of rotatable bonds is 22. The molecule has 0 aliphatic carbocycles. The maximum Gasteiger partial charge on any atom is 0.333 e.